The van der Waals surface area contributed by atoms with Gasteiger partial charge < -0.3 is 5.32 Å². The quantitative estimate of drug-likeness (QED) is 0.777. The Balaban J connectivity index is 2.03. The molecule has 0 saturated carbocycles. The third kappa shape index (κ3) is 2.47. The molecule has 1 aliphatic rings. The van der Waals surface area contributed by atoms with Crippen LogP contribution < -0.4 is 5.32 Å². The standard InChI is InChI=1S/C11H18N4O/c1-2-3-11(16)10-8-15(14-13-10)9-4-6-12-7-5-9/h8-9,12H,2-7H2,1H3. The predicted octanol–water partition coefficient (Wildman–Crippen LogP) is 1.19. The molecule has 0 unspecified atom stereocenters. The van der Waals surface area contributed by atoms with Crippen LogP contribution in [0.25, 0.3) is 0 Å². The lowest BCUT2D eigenvalue weighted by molar-refractivity contribution is 0.0977. The molecule has 0 bridgehead atoms. The Kier molecular flexibility index (Phi) is 3.66. The number of piperidine rings is 1. The molecule has 1 aromatic heterocycles. The second kappa shape index (κ2) is 5.21. The average Bonchev–Trinajstić information content (AvgIpc) is 2.80. The lowest BCUT2D eigenvalue weighted by Gasteiger charge is -2.22. The van der Waals surface area contributed by atoms with E-state index in [4.69, 9.17) is 0 Å². The summed E-state index contributed by atoms with van der Waals surface area (Å²) in [7, 11) is 0. The lowest BCUT2D eigenvalue weighted by Crippen LogP contribution is -2.29. The highest BCUT2D eigenvalue weighted by atomic mass is 16.1. The highest BCUT2D eigenvalue weighted by molar-refractivity contribution is 5.93. The maximum absolute atomic E-state index is 11.6. The molecular weight excluding hydrogens is 204 g/mol. The zero-order valence-corrected chi connectivity index (χ0v) is 9.65. The Morgan fingerprint density at radius 3 is 3.00 bits per heavy atom. The fraction of sp³-hybridized carbons (Fsp3) is 0.727. The third-order valence-corrected chi connectivity index (χ3v) is 2.96. The molecule has 1 N–H and O–H groups in total. The number of nitrogens with zero attached hydrogens (tertiary/aromatic N) is 3. The first-order valence-electron chi connectivity index (χ1n) is 5.97. The average molecular weight is 222 g/mol. The second-order valence-electron chi connectivity index (χ2n) is 4.24. The zero-order valence-electron chi connectivity index (χ0n) is 9.65. The van der Waals surface area contributed by atoms with Crippen molar-refractivity contribution in [3.05, 3.63) is 11.9 Å². The maximum Gasteiger partial charge on any atom is 0.184 e. The Labute approximate surface area is 95.2 Å². The smallest absolute Gasteiger partial charge is 0.184 e. The molecule has 1 aromatic rings. The van der Waals surface area contributed by atoms with Crippen LogP contribution in [0.2, 0.25) is 0 Å². The van der Waals surface area contributed by atoms with Crippen molar-refractivity contribution in [1.29, 1.82) is 0 Å². The summed E-state index contributed by atoms with van der Waals surface area (Å²) in [6.45, 7) is 4.03. The van der Waals surface area contributed by atoms with Crippen molar-refractivity contribution in [3.8, 4) is 0 Å². The van der Waals surface area contributed by atoms with Gasteiger partial charge in [-0.25, -0.2) is 4.68 Å². The third-order valence-electron chi connectivity index (χ3n) is 2.96. The number of rotatable bonds is 4. The molecule has 0 atom stereocenters. The van der Waals surface area contributed by atoms with E-state index in [1.54, 1.807) is 6.20 Å². The summed E-state index contributed by atoms with van der Waals surface area (Å²) in [5.41, 5.74) is 0.514. The highest BCUT2D eigenvalue weighted by Crippen LogP contribution is 2.17. The SMILES string of the molecule is CCCC(=O)c1cn(C2CCNCC2)nn1. The first-order valence-corrected chi connectivity index (χ1v) is 5.97. The van der Waals surface area contributed by atoms with E-state index in [9.17, 15) is 4.79 Å². The summed E-state index contributed by atoms with van der Waals surface area (Å²) in [6.07, 6.45) is 5.34. The minimum absolute atomic E-state index is 0.0997. The van der Waals surface area contributed by atoms with E-state index in [0.717, 1.165) is 32.4 Å². The largest absolute Gasteiger partial charge is 0.317 e. The highest BCUT2D eigenvalue weighted by Gasteiger charge is 2.18. The molecule has 0 amide bonds. The van der Waals surface area contributed by atoms with Crippen LogP contribution in [0.4, 0.5) is 0 Å². The Bertz CT molecular complexity index is 355. The first kappa shape index (κ1) is 11.3. The molecule has 0 aliphatic carbocycles. The van der Waals surface area contributed by atoms with Crippen molar-refractivity contribution < 1.29 is 4.79 Å². The molecule has 0 spiro atoms. The van der Waals surface area contributed by atoms with Crippen LogP contribution in [0.5, 0.6) is 0 Å². The molecule has 1 saturated heterocycles. The van der Waals surface area contributed by atoms with Crippen molar-refractivity contribution in [2.45, 2.75) is 38.6 Å². The topological polar surface area (TPSA) is 59.8 Å². The fourth-order valence-corrected chi connectivity index (χ4v) is 2.01. The molecule has 88 valence electrons. The van der Waals surface area contributed by atoms with E-state index in [2.05, 4.69) is 15.6 Å². The normalized spacial score (nSPS) is 17.6. The number of aromatic nitrogens is 3. The van der Waals surface area contributed by atoms with Gasteiger partial charge in [-0.3, -0.25) is 4.79 Å². The first-order chi connectivity index (χ1) is 7.81. The van der Waals surface area contributed by atoms with Crippen molar-refractivity contribution >= 4 is 5.78 Å². The van der Waals surface area contributed by atoms with Gasteiger partial charge in [0.15, 0.2) is 5.78 Å². The number of hydrogen-bond donors (Lipinski definition) is 1. The van der Waals surface area contributed by atoms with Gasteiger partial charge in [0.1, 0.15) is 5.69 Å². The monoisotopic (exact) mass is 222 g/mol. The molecular formula is C11H18N4O. The van der Waals surface area contributed by atoms with E-state index >= 15 is 0 Å². The zero-order chi connectivity index (χ0) is 11.4. The molecule has 1 fully saturated rings. The van der Waals surface area contributed by atoms with Crippen LogP contribution in [0.3, 0.4) is 0 Å². The van der Waals surface area contributed by atoms with Crippen molar-refractivity contribution in [2.24, 2.45) is 0 Å². The molecule has 0 radical (unpaired) electrons. The van der Waals surface area contributed by atoms with E-state index in [1.165, 1.54) is 0 Å². The number of nitrogens with one attached hydrogen (secondary N) is 1. The Morgan fingerprint density at radius 2 is 2.31 bits per heavy atom. The van der Waals surface area contributed by atoms with Gasteiger partial charge in [-0.2, -0.15) is 0 Å². The predicted molar refractivity (Wildman–Crippen MR) is 60.4 cm³/mol. The summed E-state index contributed by atoms with van der Waals surface area (Å²) < 4.78 is 1.85. The van der Waals surface area contributed by atoms with Crippen LogP contribution in [-0.2, 0) is 0 Å². The summed E-state index contributed by atoms with van der Waals surface area (Å²) in [4.78, 5) is 11.6. The summed E-state index contributed by atoms with van der Waals surface area (Å²) in [6, 6.07) is 0.400. The van der Waals surface area contributed by atoms with Crippen LogP contribution in [0.1, 0.15) is 49.1 Å². The number of carbonyl (C=O) groups is 1. The minimum atomic E-state index is 0.0997. The summed E-state index contributed by atoms with van der Waals surface area (Å²) in [5.74, 6) is 0.0997. The molecule has 1 aliphatic heterocycles. The van der Waals surface area contributed by atoms with Gasteiger partial charge in [0, 0.05) is 6.42 Å². The molecule has 2 heterocycles. The molecule has 2 rings (SSSR count). The second-order valence-corrected chi connectivity index (χ2v) is 4.24. The van der Waals surface area contributed by atoms with Crippen LogP contribution in [0, 0.1) is 0 Å². The number of Topliss-reactive ketones (excluding diaryl/α,β-unsaturated/α-hetero) is 1. The van der Waals surface area contributed by atoms with Gasteiger partial charge in [-0.15, -0.1) is 5.10 Å². The Hall–Kier alpha value is -1.23. The van der Waals surface area contributed by atoms with Gasteiger partial charge in [-0.05, 0) is 32.4 Å². The van der Waals surface area contributed by atoms with Gasteiger partial charge in [0.25, 0.3) is 0 Å². The molecule has 5 nitrogen and oxygen atoms in total. The van der Waals surface area contributed by atoms with Gasteiger partial charge >= 0.3 is 0 Å². The Morgan fingerprint density at radius 1 is 1.56 bits per heavy atom. The number of carbonyl (C=O) groups excluding carboxylic acids is 1. The van der Waals surface area contributed by atoms with Crippen molar-refractivity contribution in [2.75, 3.05) is 13.1 Å². The fourth-order valence-electron chi connectivity index (χ4n) is 2.01. The minimum Gasteiger partial charge on any atom is -0.317 e. The van der Waals surface area contributed by atoms with E-state index in [-0.39, 0.29) is 5.78 Å². The van der Waals surface area contributed by atoms with E-state index in [0.29, 0.717) is 18.2 Å². The number of ketones is 1. The lowest BCUT2D eigenvalue weighted by atomic mass is 10.1. The number of hydrogen-bond acceptors (Lipinski definition) is 4. The molecule has 0 aromatic carbocycles. The van der Waals surface area contributed by atoms with Crippen molar-refractivity contribution in [3.63, 3.8) is 0 Å². The van der Waals surface area contributed by atoms with Crippen LogP contribution >= 0.6 is 0 Å². The van der Waals surface area contributed by atoms with Crippen molar-refractivity contribution in [1.82, 2.24) is 20.3 Å². The molecule has 16 heavy (non-hydrogen) atoms. The molecule has 5 heteroatoms. The summed E-state index contributed by atoms with van der Waals surface area (Å²) in [5, 5.41) is 11.3. The van der Waals surface area contributed by atoms with Crippen LogP contribution in [-0.4, -0.2) is 33.9 Å². The van der Waals surface area contributed by atoms with Gasteiger partial charge in [-0.1, -0.05) is 12.1 Å². The summed E-state index contributed by atoms with van der Waals surface area (Å²) >= 11 is 0. The maximum atomic E-state index is 11.6. The van der Waals surface area contributed by atoms with Crippen LogP contribution in [0.15, 0.2) is 6.20 Å². The van der Waals surface area contributed by atoms with Gasteiger partial charge in [0.2, 0.25) is 0 Å². The van der Waals surface area contributed by atoms with E-state index in [1.807, 2.05) is 11.6 Å². The van der Waals surface area contributed by atoms with E-state index < -0.39 is 0 Å². The van der Waals surface area contributed by atoms with Gasteiger partial charge in [0.05, 0.1) is 12.2 Å².